The highest BCUT2D eigenvalue weighted by atomic mass is 16.6. The lowest BCUT2D eigenvalue weighted by Gasteiger charge is -2.19. The maximum absolute atomic E-state index is 12.5. The minimum absolute atomic E-state index is 0.000894. The molecule has 7 nitrogen and oxygen atoms in total. The molecule has 1 aromatic carbocycles. The molecule has 1 aliphatic rings. The molecule has 1 fully saturated rings. The van der Waals surface area contributed by atoms with E-state index in [1.54, 1.807) is 12.3 Å². The third kappa shape index (κ3) is 4.82. The Morgan fingerprint density at radius 2 is 2.00 bits per heavy atom. The molecule has 0 N–H and O–H groups in total. The van der Waals surface area contributed by atoms with Crippen LogP contribution in [0.25, 0.3) is 21.9 Å². The van der Waals surface area contributed by atoms with Crippen molar-refractivity contribution in [1.29, 1.82) is 0 Å². The minimum Gasteiger partial charge on any atom is -0.478 e. The third-order valence-corrected chi connectivity index (χ3v) is 5.45. The molecule has 0 unspecified atom stereocenters. The van der Waals surface area contributed by atoms with Crippen LogP contribution in [-0.2, 0) is 19.1 Å². The average molecular weight is 437 g/mol. The molecule has 2 aromatic heterocycles. The van der Waals surface area contributed by atoms with Gasteiger partial charge in [0.25, 0.3) is 0 Å². The monoisotopic (exact) mass is 437 g/mol. The molecule has 0 spiro atoms. The zero-order valence-electron chi connectivity index (χ0n) is 18.6. The number of ether oxygens (including phenoxy) is 2. The number of carbonyl (C=O) groups is 3. The Labute approximate surface area is 186 Å². The highest BCUT2D eigenvalue weighted by molar-refractivity contribution is 6.10. The van der Waals surface area contributed by atoms with Gasteiger partial charge >= 0.3 is 5.97 Å². The van der Waals surface area contributed by atoms with Crippen LogP contribution >= 0.6 is 0 Å². The Kier molecular flexibility index (Phi) is 6.00. The summed E-state index contributed by atoms with van der Waals surface area (Å²) in [5, 5.41) is 1.73. The molecular formula is C25H27NO6. The molecule has 4 rings (SSSR count). The van der Waals surface area contributed by atoms with E-state index in [0.29, 0.717) is 37.3 Å². The lowest BCUT2D eigenvalue weighted by molar-refractivity contribution is -0.155. The second-order valence-corrected chi connectivity index (χ2v) is 9.16. The van der Waals surface area contributed by atoms with Crippen LogP contribution in [0.15, 0.2) is 34.9 Å². The van der Waals surface area contributed by atoms with E-state index in [9.17, 15) is 14.4 Å². The van der Waals surface area contributed by atoms with Gasteiger partial charge in [0.15, 0.2) is 0 Å². The van der Waals surface area contributed by atoms with Crippen molar-refractivity contribution in [3.63, 3.8) is 0 Å². The van der Waals surface area contributed by atoms with Crippen molar-refractivity contribution in [3.05, 3.63) is 36.1 Å². The highest BCUT2D eigenvalue weighted by Gasteiger charge is 2.31. The lowest BCUT2D eigenvalue weighted by Crippen LogP contribution is -2.24. The van der Waals surface area contributed by atoms with Gasteiger partial charge in [0.1, 0.15) is 22.8 Å². The summed E-state index contributed by atoms with van der Waals surface area (Å²) in [7, 11) is 0. The van der Waals surface area contributed by atoms with E-state index in [1.165, 1.54) is 0 Å². The first-order valence-corrected chi connectivity index (χ1v) is 10.9. The molecule has 1 aliphatic carbocycles. The average Bonchev–Trinajstić information content (AvgIpc) is 3.14. The number of hydrogen-bond acceptors (Lipinski definition) is 7. The van der Waals surface area contributed by atoms with Crippen LogP contribution in [0.4, 0.5) is 0 Å². The van der Waals surface area contributed by atoms with Gasteiger partial charge in [-0.3, -0.25) is 14.4 Å². The second-order valence-electron chi connectivity index (χ2n) is 9.16. The van der Waals surface area contributed by atoms with Gasteiger partial charge in [0.05, 0.1) is 24.8 Å². The molecule has 168 valence electrons. The van der Waals surface area contributed by atoms with Crippen LogP contribution in [0, 0.1) is 0 Å². The zero-order chi connectivity index (χ0) is 22.9. The van der Waals surface area contributed by atoms with E-state index in [-0.39, 0.29) is 36.3 Å². The fourth-order valence-electron chi connectivity index (χ4n) is 4.07. The fraction of sp³-hybridized carbons (Fsp3) is 0.440. The smallest absolute Gasteiger partial charge is 0.306 e. The molecule has 2 heterocycles. The van der Waals surface area contributed by atoms with E-state index in [4.69, 9.17) is 13.9 Å². The SMILES string of the molecule is CC(C)(C)OC(=O)CCCOc1ccc2c(ccc3occ([C@H]4CCC(=O)CC4=O)c32)n1. The summed E-state index contributed by atoms with van der Waals surface area (Å²) in [6, 6.07) is 7.37. The van der Waals surface area contributed by atoms with Gasteiger partial charge in [-0.2, -0.15) is 0 Å². The van der Waals surface area contributed by atoms with Crippen molar-refractivity contribution >= 4 is 39.4 Å². The number of aromatic nitrogens is 1. The highest BCUT2D eigenvalue weighted by Crippen LogP contribution is 2.38. The van der Waals surface area contributed by atoms with Crippen LogP contribution in [0.5, 0.6) is 5.88 Å². The number of rotatable bonds is 6. The topological polar surface area (TPSA) is 95.7 Å². The molecule has 0 saturated heterocycles. The number of benzene rings is 1. The lowest BCUT2D eigenvalue weighted by atomic mass is 9.82. The van der Waals surface area contributed by atoms with Crippen LogP contribution in [-0.4, -0.2) is 34.7 Å². The number of esters is 1. The van der Waals surface area contributed by atoms with Crippen molar-refractivity contribution in [2.45, 2.75) is 64.4 Å². The van der Waals surface area contributed by atoms with Gasteiger partial charge in [-0.05, 0) is 51.8 Å². The third-order valence-electron chi connectivity index (χ3n) is 5.45. The number of furan rings is 1. The maximum atomic E-state index is 12.5. The van der Waals surface area contributed by atoms with Crippen molar-refractivity contribution in [1.82, 2.24) is 4.98 Å². The van der Waals surface area contributed by atoms with Gasteiger partial charge in [-0.1, -0.05) is 0 Å². The largest absolute Gasteiger partial charge is 0.478 e. The van der Waals surface area contributed by atoms with E-state index in [2.05, 4.69) is 4.98 Å². The number of hydrogen-bond donors (Lipinski definition) is 0. The number of Topliss-reactive ketones (excluding diaryl/α,β-unsaturated/α-hetero) is 2. The number of nitrogens with zero attached hydrogens (tertiary/aromatic N) is 1. The Balaban J connectivity index is 1.49. The van der Waals surface area contributed by atoms with E-state index in [0.717, 1.165) is 21.9 Å². The number of carbonyl (C=O) groups excluding carboxylic acids is 3. The van der Waals surface area contributed by atoms with Crippen molar-refractivity contribution in [2.75, 3.05) is 6.61 Å². The number of pyridine rings is 1. The summed E-state index contributed by atoms with van der Waals surface area (Å²) < 4.78 is 16.7. The Morgan fingerprint density at radius 1 is 1.19 bits per heavy atom. The maximum Gasteiger partial charge on any atom is 0.306 e. The van der Waals surface area contributed by atoms with Crippen LogP contribution in [0.2, 0.25) is 0 Å². The van der Waals surface area contributed by atoms with Crippen LogP contribution in [0.1, 0.15) is 64.4 Å². The molecule has 7 heteroatoms. The minimum atomic E-state index is -0.493. The van der Waals surface area contributed by atoms with Gasteiger partial charge < -0.3 is 13.9 Å². The summed E-state index contributed by atoms with van der Waals surface area (Å²) >= 11 is 0. The molecule has 0 aliphatic heterocycles. The summed E-state index contributed by atoms with van der Waals surface area (Å²) in [5.41, 5.74) is 1.73. The van der Waals surface area contributed by atoms with Crippen LogP contribution in [0.3, 0.4) is 0 Å². The summed E-state index contributed by atoms with van der Waals surface area (Å²) in [4.78, 5) is 40.5. The summed E-state index contributed by atoms with van der Waals surface area (Å²) in [6.07, 6.45) is 3.34. The predicted molar refractivity (Wildman–Crippen MR) is 119 cm³/mol. The van der Waals surface area contributed by atoms with Gasteiger partial charge in [0, 0.05) is 41.2 Å². The number of ketones is 2. The van der Waals surface area contributed by atoms with Gasteiger partial charge in [-0.25, -0.2) is 4.98 Å². The molecule has 0 radical (unpaired) electrons. The van der Waals surface area contributed by atoms with E-state index < -0.39 is 5.60 Å². The first-order chi connectivity index (χ1) is 15.2. The Hall–Kier alpha value is -3.22. The van der Waals surface area contributed by atoms with E-state index in [1.807, 2.05) is 39.0 Å². The second kappa shape index (κ2) is 8.73. The molecule has 1 saturated carbocycles. The Morgan fingerprint density at radius 3 is 2.75 bits per heavy atom. The molecule has 32 heavy (non-hydrogen) atoms. The standard InChI is InChI=1S/C25H27NO6/c1-25(2,3)32-23(29)5-4-12-30-22-11-8-17-19(26-22)9-10-21-24(17)18(14-31-21)16-7-6-15(27)13-20(16)28/h8-11,14,16H,4-7,12-13H2,1-3H3/t16-/m1/s1. The molecule has 0 bridgehead atoms. The van der Waals surface area contributed by atoms with Gasteiger partial charge in [-0.15, -0.1) is 0 Å². The number of fused-ring (bicyclic) bond motifs is 3. The van der Waals surface area contributed by atoms with E-state index >= 15 is 0 Å². The fourth-order valence-corrected chi connectivity index (χ4v) is 4.07. The first-order valence-electron chi connectivity index (χ1n) is 10.9. The van der Waals surface area contributed by atoms with Crippen molar-refractivity contribution < 1.29 is 28.3 Å². The van der Waals surface area contributed by atoms with Crippen LogP contribution < -0.4 is 4.74 Å². The molecule has 3 aromatic rings. The summed E-state index contributed by atoms with van der Waals surface area (Å²) in [5.74, 6) is -0.173. The normalized spacial score (nSPS) is 17.2. The van der Waals surface area contributed by atoms with Gasteiger partial charge in [0.2, 0.25) is 5.88 Å². The molecular weight excluding hydrogens is 410 g/mol. The predicted octanol–water partition coefficient (Wildman–Crippen LogP) is 4.89. The zero-order valence-corrected chi connectivity index (χ0v) is 18.6. The first kappa shape index (κ1) is 22.0. The molecule has 0 amide bonds. The quantitative estimate of drug-likeness (QED) is 0.308. The molecule has 1 atom stereocenters. The Bertz CT molecular complexity index is 1190. The summed E-state index contributed by atoms with van der Waals surface area (Å²) in [6.45, 7) is 5.87. The van der Waals surface area contributed by atoms with Crippen molar-refractivity contribution in [2.24, 2.45) is 0 Å². The van der Waals surface area contributed by atoms with Crippen molar-refractivity contribution in [3.8, 4) is 5.88 Å².